The van der Waals surface area contributed by atoms with Crippen molar-refractivity contribution < 1.29 is 5.11 Å². The van der Waals surface area contributed by atoms with Gasteiger partial charge in [-0.15, -0.1) is 0 Å². The van der Waals surface area contributed by atoms with Crippen LogP contribution in [0.2, 0.25) is 0 Å². The van der Waals surface area contributed by atoms with Gasteiger partial charge in [-0.1, -0.05) is 13.8 Å². The third-order valence-corrected chi connectivity index (χ3v) is 2.98. The molecule has 1 aliphatic heterocycles. The second-order valence-electron chi connectivity index (χ2n) is 4.31. The van der Waals surface area contributed by atoms with Crippen molar-refractivity contribution in [3.8, 4) is 0 Å². The van der Waals surface area contributed by atoms with E-state index in [4.69, 9.17) is 5.73 Å². The predicted molar refractivity (Wildman–Crippen MR) is 54.5 cm³/mol. The van der Waals surface area contributed by atoms with E-state index in [-0.39, 0.29) is 6.10 Å². The Kier molecular flexibility index (Phi) is 4.16. The molecule has 0 aliphatic carbocycles. The zero-order valence-corrected chi connectivity index (χ0v) is 8.74. The molecule has 13 heavy (non-hydrogen) atoms. The molecule has 0 spiro atoms. The van der Waals surface area contributed by atoms with Crippen molar-refractivity contribution in [2.45, 2.75) is 38.8 Å². The summed E-state index contributed by atoms with van der Waals surface area (Å²) < 4.78 is 0. The van der Waals surface area contributed by atoms with E-state index in [0.717, 1.165) is 32.5 Å². The first-order valence-corrected chi connectivity index (χ1v) is 5.27. The van der Waals surface area contributed by atoms with Crippen LogP contribution < -0.4 is 5.73 Å². The summed E-state index contributed by atoms with van der Waals surface area (Å²) in [5, 5.41) is 9.36. The van der Waals surface area contributed by atoms with Gasteiger partial charge >= 0.3 is 0 Å². The molecule has 3 heteroatoms. The molecular formula is C10H22N2O. The van der Waals surface area contributed by atoms with E-state index in [1.807, 2.05) is 0 Å². The van der Waals surface area contributed by atoms with E-state index in [1.54, 1.807) is 0 Å². The average Bonchev–Trinajstić information content (AvgIpc) is 2.09. The summed E-state index contributed by atoms with van der Waals surface area (Å²) in [6.45, 7) is 7.15. The van der Waals surface area contributed by atoms with Crippen LogP contribution in [0.1, 0.15) is 26.7 Å². The van der Waals surface area contributed by atoms with Gasteiger partial charge < -0.3 is 10.8 Å². The van der Waals surface area contributed by atoms with Gasteiger partial charge in [0.2, 0.25) is 0 Å². The minimum absolute atomic E-state index is 0.0816. The van der Waals surface area contributed by atoms with Gasteiger partial charge in [0.25, 0.3) is 0 Å². The Hall–Kier alpha value is -0.120. The summed E-state index contributed by atoms with van der Waals surface area (Å²) in [4.78, 5) is 2.41. The molecular weight excluding hydrogens is 164 g/mol. The summed E-state index contributed by atoms with van der Waals surface area (Å²) >= 11 is 0. The normalized spacial score (nSPS) is 23.8. The summed E-state index contributed by atoms with van der Waals surface area (Å²) in [6.07, 6.45) is 1.73. The van der Waals surface area contributed by atoms with E-state index in [9.17, 15) is 5.11 Å². The maximum Gasteiger partial charge on any atom is 0.0564 e. The van der Waals surface area contributed by atoms with Crippen molar-refractivity contribution >= 4 is 0 Å². The topological polar surface area (TPSA) is 49.5 Å². The average molecular weight is 186 g/mol. The molecule has 78 valence electrons. The number of nitrogens with zero attached hydrogens (tertiary/aromatic N) is 1. The number of rotatable bonds is 3. The van der Waals surface area contributed by atoms with Crippen LogP contribution in [0, 0.1) is 5.92 Å². The van der Waals surface area contributed by atoms with Crippen molar-refractivity contribution in [3.05, 3.63) is 0 Å². The van der Waals surface area contributed by atoms with Crippen molar-refractivity contribution in [2.75, 3.05) is 19.6 Å². The number of likely N-dealkylation sites (tertiary alicyclic amines) is 1. The Morgan fingerprint density at radius 1 is 1.38 bits per heavy atom. The standard InChI is InChI=1S/C10H22N2O/c1-8(2)10(7-11)12-5-3-9(13)4-6-12/h8-10,13H,3-7,11H2,1-2H3. The van der Waals surface area contributed by atoms with Gasteiger partial charge in [0.15, 0.2) is 0 Å². The van der Waals surface area contributed by atoms with Crippen LogP contribution in [-0.4, -0.2) is 41.8 Å². The Balaban J connectivity index is 2.41. The quantitative estimate of drug-likeness (QED) is 0.672. The number of aliphatic hydroxyl groups is 1. The van der Waals surface area contributed by atoms with Crippen LogP contribution in [0.4, 0.5) is 0 Å². The molecule has 1 aliphatic rings. The summed E-state index contributed by atoms with van der Waals surface area (Å²) in [5.41, 5.74) is 5.74. The van der Waals surface area contributed by atoms with Crippen LogP contribution >= 0.6 is 0 Å². The molecule has 0 bridgehead atoms. The van der Waals surface area contributed by atoms with Gasteiger partial charge in [0, 0.05) is 25.7 Å². The lowest BCUT2D eigenvalue weighted by Gasteiger charge is -2.37. The number of hydrogen-bond donors (Lipinski definition) is 2. The number of hydrogen-bond acceptors (Lipinski definition) is 3. The van der Waals surface area contributed by atoms with E-state index < -0.39 is 0 Å². The van der Waals surface area contributed by atoms with Crippen molar-refractivity contribution in [3.63, 3.8) is 0 Å². The molecule has 0 aromatic carbocycles. The Labute approximate surface area is 80.9 Å². The van der Waals surface area contributed by atoms with E-state index in [2.05, 4.69) is 18.7 Å². The molecule has 0 radical (unpaired) electrons. The number of nitrogens with two attached hydrogens (primary N) is 1. The molecule has 1 saturated heterocycles. The van der Waals surface area contributed by atoms with Crippen molar-refractivity contribution in [1.82, 2.24) is 4.90 Å². The monoisotopic (exact) mass is 186 g/mol. The molecule has 1 heterocycles. The highest BCUT2D eigenvalue weighted by Crippen LogP contribution is 2.16. The van der Waals surface area contributed by atoms with Crippen LogP contribution in [0.5, 0.6) is 0 Å². The molecule has 3 N–H and O–H groups in total. The second kappa shape index (κ2) is 4.94. The third kappa shape index (κ3) is 2.93. The lowest BCUT2D eigenvalue weighted by Crippen LogP contribution is -2.48. The maximum atomic E-state index is 9.36. The Morgan fingerprint density at radius 3 is 2.31 bits per heavy atom. The third-order valence-electron chi connectivity index (χ3n) is 2.98. The van der Waals surface area contributed by atoms with Crippen molar-refractivity contribution in [2.24, 2.45) is 11.7 Å². The first kappa shape index (κ1) is 11.0. The molecule has 1 fully saturated rings. The zero-order valence-electron chi connectivity index (χ0n) is 8.74. The fraction of sp³-hybridized carbons (Fsp3) is 1.00. The lowest BCUT2D eigenvalue weighted by molar-refractivity contribution is 0.0507. The Bertz CT molecular complexity index is 142. The smallest absolute Gasteiger partial charge is 0.0564 e. The van der Waals surface area contributed by atoms with Gasteiger partial charge in [0.1, 0.15) is 0 Å². The summed E-state index contributed by atoms with van der Waals surface area (Å²) in [6, 6.07) is 0.493. The lowest BCUT2D eigenvalue weighted by atomic mass is 9.98. The van der Waals surface area contributed by atoms with Gasteiger partial charge in [0.05, 0.1) is 6.10 Å². The van der Waals surface area contributed by atoms with Gasteiger partial charge in [-0.25, -0.2) is 0 Å². The van der Waals surface area contributed by atoms with Gasteiger partial charge in [-0.2, -0.15) is 0 Å². The van der Waals surface area contributed by atoms with Gasteiger partial charge in [-0.05, 0) is 18.8 Å². The predicted octanol–water partition coefficient (Wildman–Crippen LogP) is 0.426. The minimum atomic E-state index is -0.0816. The highest BCUT2D eigenvalue weighted by molar-refractivity contribution is 4.80. The van der Waals surface area contributed by atoms with Crippen LogP contribution in [0.15, 0.2) is 0 Å². The van der Waals surface area contributed by atoms with Crippen LogP contribution in [0.3, 0.4) is 0 Å². The number of aliphatic hydroxyl groups excluding tert-OH is 1. The van der Waals surface area contributed by atoms with Gasteiger partial charge in [-0.3, -0.25) is 4.90 Å². The largest absolute Gasteiger partial charge is 0.393 e. The van der Waals surface area contributed by atoms with Crippen molar-refractivity contribution in [1.29, 1.82) is 0 Å². The summed E-state index contributed by atoms with van der Waals surface area (Å²) in [5.74, 6) is 0.611. The van der Waals surface area contributed by atoms with Crippen LogP contribution in [-0.2, 0) is 0 Å². The first-order valence-electron chi connectivity index (χ1n) is 5.27. The fourth-order valence-corrected chi connectivity index (χ4v) is 2.06. The number of piperidine rings is 1. The highest BCUT2D eigenvalue weighted by Gasteiger charge is 2.24. The highest BCUT2D eigenvalue weighted by atomic mass is 16.3. The maximum absolute atomic E-state index is 9.36. The molecule has 0 amide bonds. The molecule has 1 atom stereocenters. The SMILES string of the molecule is CC(C)C(CN)N1CCC(O)CC1. The van der Waals surface area contributed by atoms with E-state index in [1.165, 1.54) is 0 Å². The zero-order chi connectivity index (χ0) is 9.84. The minimum Gasteiger partial charge on any atom is -0.393 e. The molecule has 0 aromatic rings. The molecule has 0 aromatic heterocycles. The first-order chi connectivity index (χ1) is 6.15. The molecule has 0 saturated carbocycles. The Morgan fingerprint density at radius 2 is 1.92 bits per heavy atom. The molecule has 1 rings (SSSR count). The second-order valence-corrected chi connectivity index (χ2v) is 4.31. The van der Waals surface area contributed by atoms with Crippen LogP contribution in [0.25, 0.3) is 0 Å². The fourth-order valence-electron chi connectivity index (χ4n) is 2.06. The molecule has 1 unspecified atom stereocenters. The molecule has 3 nitrogen and oxygen atoms in total. The van der Waals surface area contributed by atoms with E-state index in [0.29, 0.717) is 12.0 Å². The summed E-state index contributed by atoms with van der Waals surface area (Å²) in [7, 11) is 0. The van der Waals surface area contributed by atoms with E-state index >= 15 is 0 Å².